The van der Waals surface area contributed by atoms with E-state index in [4.69, 9.17) is 35.0 Å². The number of hydrogen-bond donors (Lipinski definition) is 0. The molecule has 0 aromatic heterocycles. The van der Waals surface area contributed by atoms with Gasteiger partial charge in [0.05, 0.1) is 0 Å². The third-order valence-corrected chi connectivity index (χ3v) is 0. The smallest absolute Gasteiger partial charge is 0.759 e. The van der Waals surface area contributed by atoms with Crippen LogP contribution in [0.3, 0.4) is 0 Å². The molecule has 0 aliphatic heterocycles. The van der Waals surface area contributed by atoms with E-state index in [-0.39, 0.29) is 71.0 Å². The van der Waals surface area contributed by atoms with Gasteiger partial charge in [0.2, 0.25) is 0 Å². The van der Waals surface area contributed by atoms with E-state index in [1.165, 1.54) is 0 Å². The predicted molar refractivity (Wildman–Crippen MR) is 53.5 cm³/mol. The van der Waals surface area contributed by atoms with Gasteiger partial charge in [0, 0.05) is 20.8 Å². The van der Waals surface area contributed by atoms with Crippen molar-refractivity contribution in [2.45, 2.75) is 0 Å². The molecule has 0 spiro atoms. The van der Waals surface area contributed by atoms with Gasteiger partial charge in [-0.15, -0.1) is 0 Å². The maximum atomic E-state index is 8.52. The fraction of sp³-hybridized carbons (Fsp3) is 0. The molecule has 0 unspecified atom stereocenters. The summed E-state index contributed by atoms with van der Waals surface area (Å²) in [5.74, 6) is 0. The molecule has 0 aliphatic rings. The molecular formula is H18O17S2Ti. The molecule has 0 heterocycles. The van der Waals surface area contributed by atoms with Crippen LogP contribution in [-0.2, 0) is 42.5 Å². The summed E-state index contributed by atoms with van der Waals surface area (Å²) in [5, 5.41) is 0. The topological polar surface area (TPSA) is 444 Å². The van der Waals surface area contributed by atoms with Crippen molar-refractivity contribution in [3.63, 3.8) is 0 Å². The van der Waals surface area contributed by atoms with Crippen molar-refractivity contribution in [3.8, 4) is 0 Å². The van der Waals surface area contributed by atoms with Crippen molar-refractivity contribution < 1.29 is 106 Å². The molecule has 20 heteroatoms. The summed E-state index contributed by atoms with van der Waals surface area (Å²) in [4.78, 5) is 0. The third kappa shape index (κ3) is 595000. The summed E-state index contributed by atoms with van der Waals surface area (Å²) in [6.07, 6.45) is 0. The fourth-order valence-corrected chi connectivity index (χ4v) is 0. The summed E-state index contributed by atoms with van der Waals surface area (Å²) in [6.45, 7) is 0. The quantitative estimate of drug-likeness (QED) is 0.212. The van der Waals surface area contributed by atoms with Gasteiger partial charge in [-0.2, -0.15) is 0 Å². The van der Waals surface area contributed by atoms with E-state index in [1.54, 1.807) is 0 Å². The molecule has 0 aromatic carbocycles. The molecule has 136 valence electrons. The third-order valence-electron chi connectivity index (χ3n) is 0. The van der Waals surface area contributed by atoms with Crippen molar-refractivity contribution >= 4 is 20.8 Å². The molecule has 0 saturated carbocycles. The SMILES string of the molecule is O.O.O.O.O.O.O.O.O.O=S(=O)([O-])[O-].O=S(=O)([O-])[O-].[Ti+4]. The van der Waals surface area contributed by atoms with Crippen molar-refractivity contribution in [2.24, 2.45) is 0 Å². The van der Waals surface area contributed by atoms with E-state index in [9.17, 15) is 0 Å². The normalized spacial score (nSPS) is 5.80. The Bertz CT molecular complexity index is 211. The van der Waals surface area contributed by atoms with E-state index in [0.717, 1.165) is 0 Å². The van der Waals surface area contributed by atoms with Gasteiger partial charge < -0.3 is 67.5 Å². The van der Waals surface area contributed by atoms with E-state index in [0.29, 0.717) is 0 Å². The van der Waals surface area contributed by atoms with Crippen molar-refractivity contribution in [1.82, 2.24) is 0 Å². The van der Waals surface area contributed by atoms with E-state index >= 15 is 0 Å². The summed E-state index contributed by atoms with van der Waals surface area (Å²) >= 11 is 0. The maximum Gasteiger partial charge on any atom is 4.00 e. The molecule has 0 fully saturated rings. The van der Waals surface area contributed by atoms with Gasteiger partial charge in [-0.25, -0.2) is 0 Å². The second-order valence-electron chi connectivity index (χ2n) is 0.816. The summed E-state index contributed by atoms with van der Waals surface area (Å²) in [7, 11) is -10.3. The average Bonchev–Trinajstić information content (AvgIpc) is 1.12. The first kappa shape index (κ1) is 112. The molecule has 0 bridgehead atoms. The van der Waals surface area contributed by atoms with Gasteiger partial charge in [0.25, 0.3) is 0 Å². The second kappa shape index (κ2) is 42.7. The second-order valence-corrected chi connectivity index (χ2v) is 2.45. The van der Waals surface area contributed by atoms with Crippen LogP contribution >= 0.6 is 0 Å². The number of hydrogen-bond acceptors (Lipinski definition) is 8. The van der Waals surface area contributed by atoms with Gasteiger partial charge >= 0.3 is 21.7 Å². The molecule has 0 aliphatic carbocycles. The van der Waals surface area contributed by atoms with Gasteiger partial charge in [0.1, 0.15) is 0 Å². The van der Waals surface area contributed by atoms with Crippen LogP contribution < -0.4 is 0 Å². The van der Waals surface area contributed by atoms with E-state index in [1.807, 2.05) is 0 Å². The largest absolute Gasteiger partial charge is 4.00 e. The monoisotopic (exact) mass is 402 g/mol. The Balaban J connectivity index is -0.00000000427. The molecule has 0 amide bonds. The van der Waals surface area contributed by atoms with Crippen LogP contribution in [0.4, 0.5) is 0 Å². The van der Waals surface area contributed by atoms with E-state index in [2.05, 4.69) is 0 Å². The molecule has 18 N–H and O–H groups in total. The Morgan fingerprint density at radius 1 is 0.400 bits per heavy atom. The van der Waals surface area contributed by atoms with Crippen LogP contribution in [0.15, 0.2) is 0 Å². The fourth-order valence-electron chi connectivity index (χ4n) is 0. The van der Waals surface area contributed by atoms with Gasteiger partial charge in [-0.3, -0.25) is 16.8 Å². The summed E-state index contributed by atoms with van der Waals surface area (Å²) < 4.78 is 68.2. The first-order chi connectivity index (χ1) is 4.00. The Labute approximate surface area is 127 Å². The standard InChI is InChI=1S/2H2O4S.9H2O.Ti/c2*1-5(2,3)4;;;;;;;;;;/h2*(H2,1,2,3,4);9*1H2;/q;;;;;;;;;;;+4/p-4. The summed E-state index contributed by atoms with van der Waals surface area (Å²) in [5.41, 5.74) is 0. The minimum Gasteiger partial charge on any atom is -0.759 e. The Morgan fingerprint density at radius 2 is 0.400 bits per heavy atom. The minimum absolute atomic E-state index is 0. The van der Waals surface area contributed by atoms with Crippen LogP contribution in [-0.4, -0.2) is 84.3 Å². The number of rotatable bonds is 0. The first-order valence-corrected chi connectivity index (χ1v) is 4.00. The van der Waals surface area contributed by atoms with E-state index < -0.39 is 20.8 Å². The molecule has 0 saturated heterocycles. The molecule has 17 nitrogen and oxygen atoms in total. The molecular weight excluding hydrogens is 384 g/mol. The van der Waals surface area contributed by atoms with Crippen LogP contribution in [0.5, 0.6) is 0 Å². The molecule has 0 aromatic rings. The zero-order chi connectivity index (χ0) is 9.00. The van der Waals surface area contributed by atoms with Gasteiger partial charge in [0.15, 0.2) is 0 Å². The Hall–Kier alpha value is 0.0943. The predicted octanol–water partition coefficient (Wildman–Crippen LogP) is -10.1. The molecule has 20 heavy (non-hydrogen) atoms. The zero-order valence-corrected chi connectivity index (χ0v) is 12.3. The Morgan fingerprint density at radius 3 is 0.400 bits per heavy atom. The Kier molecular flexibility index (Phi) is 239. The summed E-state index contributed by atoms with van der Waals surface area (Å²) in [6, 6.07) is 0. The molecule has 0 radical (unpaired) electrons. The van der Waals surface area contributed by atoms with Crippen LogP contribution in [0.1, 0.15) is 0 Å². The van der Waals surface area contributed by atoms with Crippen LogP contribution in [0, 0.1) is 0 Å². The van der Waals surface area contributed by atoms with Crippen molar-refractivity contribution in [2.75, 3.05) is 0 Å². The van der Waals surface area contributed by atoms with Crippen LogP contribution in [0.25, 0.3) is 0 Å². The van der Waals surface area contributed by atoms with Crippen molar-refractivity contribution in [3.05, 3.63) is 0 Å². The molecule has 0 rings (SSSR count). The zero-order valence-electron chi connectivity index (χ0n) is 9.08. The first-order valence-electron chi connectivity index (χ1n) is 1.33. The maximum absolute atomic E-state index is 8.52. The molecule has 0 atom stereocenters. The van der Waals surface area contributed by atoms with Gasteiger partial charge in [-0.1, -0.05) is 0 Å². The minimum atomic E-state index is -5.17. The van der Waals surface area contributed by atoms with Gasteiger partial charge in [-0.05, 0) is 0 Å². The van der Waals surface area contributed by atoms with Crippen LogP contribution in [0.2, 0.25) is 0 Å². The van der Waals surface area contributed by atoms with Crippen molar-refractivity contribution in [1.29, 1.82) is 0 Å². The average molecular weight is 402 g/mol.